The van der Waals surface area contributed by atoms with Crippen LogP contribution in [0.4, 0.5) is 17.6 Å². The van der Waals surface area contributed by atoms with E-state index in [1.807, 2.05) is 0 Å². The summed E-state index contributed by atoms with van der Waals surface area (Å²) in [4.78, 5) is 0. The minimum absolute atomic E-state index is 0.746. The van der Waals surface area contributed by atoms with Gasteiger partial charge in [0.2, 0.25) is 0 Å². The summed E-state index contributed by atoms with van der Waals surface area (Å²) in [5.41, 5.74) is 9.57. The predicted octanol–water partition coefficient (Wildman–Crippen LogP) is 2.35. The van der Waals surface area contributed by atoms with Gasteiger partial charge in [0.05, 0.1) is 12.1 Å². The Labute approximate surface area is 122 Å². The van der Waals surface area contributed by atoms with Crippen molar-refractivity contribution in [3.8, 4) is 11.5 Å². The maximum atomic E-state index is 13.8. The van der Waals surface area contributed by atoms with Crippen LogP contribution in [0.25, 0.3) is 0 Å². The number of aromatic hydroxyl groups is 2. The standard InChI is InChI=1S/C14H12F4N2O2/c15-5-1-3-7(21)11(17)9(5)13(19)14(20)10-6(16)2-4-8(22)12(10)18/h1-4,13-14,21-22H,19-20H2/t13-,14+. The van der Waals surface area contributed by atoms with Crippen molar-refractivity contribution in [2.24, 2.45) is 11.5 Å². The van der Waals surface area contributed by atoms with Crippen molar-refractivity contribution in [3.63, 3.8) is 0 Å². The van der Waals surface area contributed by atoms with Crippen LogP contribution in [-0.2, 0) is 0 Å². The highest BCUT2D eigenvalue weighted by molar-refractivity contribution is 5.38. The third kappa shape index (κ3) is 2.58. The van der Waals surface area contributed by atoms with Gasteiger partial charge < -0.3 is 21.7 Å². The lowest BCUT2D eigenvalue weighted by atomic mass is 9.93. The van der Waals surface area contributed by atoms with Gasteiger partial charge in [0.1, 0.15) is 11.6 Å². The third-order valence-corrected chi connectivity index (χ3v) is 3.27. The van der Waals surface area contributed by atoms with Crippen molar-refractivity contribution in [2.75, 3.05) is 0 Å². The first-order valence-corrected chi connectivity index (χ1v) is 6.10. The molecule has 0 spiro atoms. The van der Waals surface area contributed by atoms with Crippen LogP contribution >= 0.6 is 0 Å². The average molecular weight is 316 g/mol. The third-order valence-electron chi connectivity index (χ3n) is 3.27. The summed E-state index contributed by atoms with van der Waals surface area (Å²) in [6.07, 6.45) is 0. The molecule has 0 amide bonds. The predicted molar refractivity (Wildman–Crippen MR) is 69.9 cm³/mol. The molecule has 0 fully saturated rings. The summed E-state index contributed by atoms with van der Waals surface area (Å²) in [6, 6.07) is -0.370. The van der Waals surface area contributed by atoms with Crippen molar-refractivity contribution in [1.82, 2.24) is 0 Å². The largest absolute Gasteiger partial charge is 0.505 e. The van der Waals surface area contributed by atoms with Gasteiger partial charge in [-0.1, -0.05) is 0 Å². The molecular formula is C14H12F4N2O2. The SMILES string of the molecule is N[C@H](c1c(F)ccc(O)c1F)[C@@H](N)c1c(F)ccc(O)c1F. The van der Waals surface area contributed by atoms with Gasteiger partial charge in [-0.05, 0) is 24.3 Å². The number of rotatable bonds is 3. The number of benzene rings is 2. The Bertz CT molecular complexity index is 663. The second-order valence-corrected chi connectivity index (χ2v) is 4.64. The van der Waals surface area contributed by atoms with Crippen LogP contribution in [0.3, 0.4) is 0 Å². The molecule has 6 N–H and O–H groups in total. The lowest BCUT2D eigenvalue weighted by molar-refractivity contribution is 0.394. The van der Waals surface area contributed by atoms with E-state index in [2.05, 4.69) is 0 Å². The fourth-order valence-electron chi connectivity index (χ4n) is 2.09. The van der Waals surface area contributed by atoms with E-state index < -0.39 is 58.0 Å². The Balaban J connectivity index is 2.54. The molecule has 118 valence electrons. The topological polar surface area (TPSA) is 92.5 Å². The van der Waals surface area contributed by atoms with E-state index in [4.69, 9.17) is 11.5 Å². The molecule has 2 rings (SSSR count). The minimum atomic E-state index is -1.70. The highest BCUT2D eigenvalue weighted by Crippen LogP contribution is 2.35. The molecule has 0 unspecified atom stereocenters. The van der Waals surface area contributed by atoms with Crippen molar-refractivity contribution in [3.05, 3.63) is 58.7 Å². The molecule has 0 aliphatic carbocycles. The summed E-state index contributed by atoms with van der Waals surface area (Å²) in [7, 11) is 0. The van der Waals surface area contributed by atoms with Gasteiger partial charge in [0.25, 0.3) is 0 Å². The number of nitrogens with two attached hydrogens (primary N) is 2. The quantitative estimate of drug-likeness (QED) is 0.654. The van der Waals surface area contributed by atoms with Crippen LogP contribution in [0.15, 0.2) is 24.3 Å². The molecule has 2 atom stereocenters. The number of hydrogen-bond donors (Lipinski definition) is 4. The molecule has 0 aliphatic heterocycles. The number of halogens is 4. The van der Waals surface area contributed by atoms with E-state index in [9.17, 15) is 27.8 Å². The van der Waals surface area contributed by atoms with E-state index in [1.165, 1.54) is 0 Å². The highest BCUT2D eigenvalue weighted by Gasteiger charge is 2.30. The summed E-state index contributed by atoms with van der Waals surface area (Å²) >= 11 is 0. The summed E-state index contributed by atoms with van der Waals surface area (Å²) in [5.74, 6) is -6.75. The maximum Gasteiger partial charge on any atom is 0.172 e. The van der Waals surface area contributed by atoms with E-state index in [0.717, 1.165) is 24.3 Å². The molecule has 0 saturated heterocycles. The molecule has 2 aromatic carbocycles. The van der Waals surface area contributed by atoms with Gasteiger partial charge in [-0.2, -0.15) is 0 Å². The Morgan fingerprint density at radius 1 is 0.682 bits per heavy atom. The van der Waals surface area contributed by atoms with Crippen molar-refractivity contribution in [2.45, 2.75) is 12.1 Å². The minimum Gasteiger partial charge on any atom is -0.505 e. The Kier molecular flexibility index (Phi) is 4.25. The van der Waals surface area contributed by atoms with Gasteiger partial charge in [-0.15, -0.1) is 0 Å². The molecule has 22 heavy (non-hydrogen) atoms. The normalized spacial score (nSPS) is 13.9. The van der Waals surface area contributed by atoms with Crippen molar-refractivity contribution < 1.29 is 27.8 Å². The Morgan fingerprint density at radius 3 is 1.32 bits per heavy atom. The van der Waals surface area contributed by atoms with Gasteiger partial charge >= 0.3 is 0 Å². The molecule has 4 nitrogen and oxygen atoms in total. The molecule has 2 aromatic rings. The van der Waals surface area contributed by atoms with Gasteiger partial charge in [0.15, 0.2) is 23.1 Å². The molecular weight excluding hydrogens is 304 g/mol. The lowest BCUT2D eigenvalue weighted by Gasteiger charge is -2.23. The van der Waals surface area contributed by atoms with Gasteiger partial charge in [-0.25, -0.2) is 17.6 Å². The Hall–Kier alpha value is -2.32. The fraction of sp³-hybridized carbons (Fsp3) is 0.143. The van der Waals surface area contributed by atoms with Crippen LogP contribution in [0, 0.1) is 23.3 Å². The monoisotopic (exact) mass is 316 g/mol. The zero-order valence-electron chi connectivity index (χ0n) is 11.0. The van der Waals surface area contributed by atoms with Crippen LogP contribution in [-0.4, -0.2) is 10.2 Å². The molecule has 0 saturated carbocycles. The van der Waals surface area contributed by atoms with Crippen LogP contribution in [0.5, 0.6) is 11.5 Å². The zero-order chi connectivity index (χ0) is 16.6. The number of phenols is 2. The van der Waals surface area contributed by atoms with Crippen molar-refractivity contribution in [1.29, 1.82) is 0 Å². The van der Waals surface area contributed by atoms with E-state index in [1.54, 1.807) is 0 Å². The number of hydrogen-bond acceptors (Lipinski definition) is 4. The lowest BCUT2D eigenvalue weighted by Crippen LogP contribution is -2.29. The number of phenolic OH excluding ortho intramolecular Hbond substituents is 2. The summed E-state index contributed by atoms with van der Waals surface area (Å²) in [6.45, 7) is 0. The van der Waals surface area contributed by atoms with Gasteiger partial charge in [-0.3, -0.25) is 0 Å². The smallest absolute Gasteiger partial charge is 0.172 e. The summed E-state index contributed by atoms with van der Waals surface area (Å²) < 4.78 is 55.0. The zero-order valence-corrected chi connectivity index (χ0v) is 11.0. The van der Waals surface area contributed by atoms with Gasteiger partial charge in [0, 0.05) is 11.1 Å². The first-order chi connectivity index (χ1) is 10.3. The highest BCUT2D eigenvalue weighted by atomic mass is 19.1. The molecule has 8 heteroatoms. The van der Waals surface area contributed by atoms with E-state index >= 15 is 0 Å². The van der Waals surface area contributed by atoms with Crippen LogP contribution in [0.1, 0.15) is 23.2 Å². The molecule has 0 aromatic heterocycles. The van der Waals surface area contributed by atoms with E-state index in [0.29, 0.717) is 0 Å². The Morgan fingerprint density at radius 2 is 1.00 bits per heavy atom. The first-order valence-electron chi connectivity index (χ1n) is 6.10. The van der Waals surface area contributed by atoms with Crippen LogP contribution < -0.4 is 11.5 Å². The summed E-state index contributed by atoms with van der Waals surface area (Å²) in [5, 5.41) is 18.5. The maximum absolute atomic E-state index is 13.8. The molecule has 0 heterocycles. The fourth-order valence-corrected chi connectivity index (χ4v) is 2.09. The second kappa shape index (κ2) is 5.82. The molecule has 0 bridgehead atoms. The van der Waals surface area contributed by atoms with Crippen molar-refractivity contribution >= 4 is 0 Å². The van der Waals surface area contributed by atoms with E-state index in [-0.39, 0.29) is 0 Å². The second-order valence-electron chi connectivity index (χ2n) is 4.64. The average Bonchev–Trinajstić information content (AvgIpc) is 2.47. The first kappa shape index (κ1) is 16.1. The van der Waals surface area contributed by atoms with Crippen LogP contribution in [0.2, 0.25) is 0 Å². The molecule has 0 radical (unpaired) electrons. The molecule has 0 aliphatic rings.